The number of nitrogens with zero attached hydrogens (tertiary/aromatic N) is 2. The molecule has 1 aliphatic heterocycles. The van der Waals surface area contributed by atoms with Crippen molar-refractivity contribution in [2.45, 2.75) is 23.9 Å². The lowest BCUT2D eigenvalue weighted by Crippen LogP contribution is -2.38. The van der Waals surface area contributed by atoms with E-state index in [4.69, 9.17) is 5.11 Å². The SMILES string of the molecule is O=S(=O)(c1ncccc1F)N1CCCC1CO. The standard InChI is InChI=1S/C10H13FN2O3S/c11-9-4-1-5-12-10(9)17(15,16)13-6-2-3-8(13)7-14/h1,4-5,8,14H,2-3,6-7H2. The van der Waals surface area contributed by atoms with E-state index in [1.807, 2.05) is 0 Å². The van der Waals surface area contributed by atoms with Crippen LogP contribution in [0.3, 0.4) is 0 Å². The highest BCUT2D eigenvalue weighted by Crippen LogP contribution is 2.25. The van der Waals surface area contributed by atoms with E-state index >= 15 is 0 Å². The molecule has 2 rings (SSSR count). The summed E-state index contributed by atoms with van der Waals surface area (Å²) in [7, 11) is -3.94. The summed E-state index contributed by atoms with van der Waals surface area (Å²) in [6, 6.07) is 1.92. The molecular formula is C10H13FN2O3S. The summed E-state index contributed by atoms with van der Waals surface area (Å²) in [6.45, 7) is 0.0389. The van der Waals surface area contributed by atoms with Crippen LogP contribution in [0.4, 0.5) is 4.39 Å². The molecule has 94 valence electrons. The second-order valence-electron chi connectivity index (χ2n) is 3.88. The van der Waals surface area contributed by atoms with Crippen LogP contribution in [0.2, 0.25) is 0 Å². The average molecular weight is 260 g/mol. The molecule has 0 saturated carbocycles. The van der Waals surface area contributed by atoms with Gasteiger partial charge in [-0.2, -0.15) is 4.31 Å². The maximum Gasteiger partial charge on any atom is 0.263 e. The largest absolute Gasteiger partial charge is 0.395 e. The Hall–Kier alpha value is -1.05. The molecule has 5 nitrogen and oxygen atoms in total. The van der Waals surface area contributed by atoms with E-state index in [0.717, 1.165) is 10.4 Å². The molecule has 0 bridgehead atoms. The number of aliphatic hydroxyl groups excluding tert-OH is 1. The van der Waals surface area contributed by atoms with Gasteiger partial charge in [0.15, 0.2) is 5.82 Å². The summed E-state index contributed by atoms with van der Waals surface area (Å²) in [4.78, 5) is 3.58. The zero-order valence-electron chi connectivity index (χ0n) is 9.08. The monoisotopic (exact) mass is 260 g/mol. The average Bonchev–Trinajstić information content (AvgIpc) is 2.78. The van der Waals surface area contributed by atoms with Crippen LogP contribution in [0.25, 0.3) is 0 Å². The maximum atomic E-state index is 13.4. The smallest absolute Gasteiger partial charge is 0.263 e. The fourth-order valence-corrected chi connectivity index (χ4v) is 3.64. The van der Waals surface area contributed by atoms with Crippen LogP contribution in [0.15, 0.2) is 23.4 Å². The molecule has 1 aliphatic rings. The highest BCUT2D eigenvalue weighted by Gasteiger charge is 2.37. The minimum Gasteiger partial charge on any atom is -0.395 e. The fraction of sp³-hybridized carbons (Fsp3) is 0.500. The Morgan fingerprint density at radius 2 is 2.35 bits per heavy atom. The second kappa shape index (κ2) is 4.67. The van der Waals surface area contributed by atoms with Crippen molar-refractivity contribution in [1.82, 2.24) is 9.29 Å². The first kappa shape index (κ1) is 12.4. The van der Waals surface area contributed by atoms with Crippen LogP contribution in [0.5, 0.6) is 0 Å². The maximum absolute atomic E-state index is 13.4. The summed E-state index contributed by atoms with van der Waals surface area (Å²) in [6.07, 6.45) is 2.49. The Morgan fingerprint density at radius 1 is 1.59 bits per heavy atom. The number of sulfonamides is 1. The summed E-state index contributed by atoms with van der Waals surface area (Å²) >= 11 is 0. The molecule has 0 radical (unpaired) electrons. The lowest BCUT2D eigenvalue weighted by Gasteiger charge is -2.21. The van der Waals surface area contributed by atoms with Crippen LogP contribution in [0.1, 0.15) is 12.8 Å². The van der Waals surface area contributed by atoms with Gasteiger partial charge < -0.3 is 5.11 Å². The van der Waals surface area contributed by atoms with Gasteiger partial charge in [-0.05, 0) is 25.0 Å². The number of rotatable bonds is 3. The van der Waals surface area contributed by atoms with Gasteiger partial charge in [-0.25, -0.2) is 17.8 Å². The summed E-state index contributed by atoms with van der Waals surface area (Å²) < 4.78 is 38.8. The van der Waals surface area contributed by atoms with Crippen molar-refractivity contribution in [3.8, 4) is 0 Å². The summed E-state index contributed by atoms with van der Waals surface area (Å²) in [5.74, 6) is -0.865. The number of hydrogen-bond donors (Lipinski definition) is 1. The van der Waals surface area contributed by atoms with Crippen molar-refractivity contribution in [1.29, 1.82) is 0 Å². The molecule has 0 aliphatic carbocycles. The third kappa shape index (κ3) is 2.18. The Morgan fingerprint density at radius 3 is 3.00 bits per heavy atom. The van der Waals surface area contributed by atoms with E-state index in [1.165, 1.54) is 12.3 Å². The van der Waals surface area contributed by atoms with E-state index in [0.29, 0.717) is 19.4 Å². The van der Waals surface area contributed by atoms with Crippen molar-refractivity contribution in [2.75, 3.05) is 13.2 Å². The van der Waals surface area contributed by atoms with Crippen molar-refractivity contribution in [3.63, 3.8) is 0 Å². The fourth-order valence-electron chi connectivity index (χ4n) is 1.98. The second-order valence-corrected chi connectivity index (χ2v) is 5.69. The van der Waals surface area contributed by atoms with Crippen molar-refractivity contribution in [3.05, 3.63) is 24.1 Å². The van der Waals surface area contributed by atoms with Gasteiger partial charge >= 0.3 is 0 Å². The third-order valence-corrected chi connectivity index (χ3v) is 4.70. The lowest BCUT2D eigenvalue weighted by molar-refractivity contribution is 0.213. The Balaban J connectivity index is 2.40. The van der Waals surface area contributed by atoms with Gasteiger partial charge in [-0.3, -0.25) is 0 Å². The van der Waals surface area contributed by atoms with Crippen LogP contribution in [0, 0.1) is 5.82 Å². The van der Waals surface area contributed by atoms with Crippen LogP contribution >= 0.6 is 0 Å². The minimum atomic E-state index is -3.94. The van der Waals surface area contributed by atoms with E-state index < -0.39 is 26.9 Å². The molecule has 0 aromatic carbocycles. The number of aliphatic hydroxyl groups is 1. The van der Waals surface area contributed by atoms with Crippen LogP contribution in [-0.2, 0) is 10.0 Å². The molecule has 1 saturated heterocycles. The van der Waals surface area contributed by atoms with E-state index in [-0.39, 0.29) is 6.61 Å². The third-order valence-electron chi connectivity index (χ3n) is 2.81. The van der Waals surface area contributed by atoms with Gasteiger partial charge in [0.05, 0.1) is 6.61 Å². The molecule has 1 atom stereocenters. The molecule has 17 heavy (non-hydrogen) atoms. The van der Waals surface area contributed by atoms with Crippen LogP contribution < -0.4 is 0 Å². The molecule has 1 N–H and O–H groups in total. The molecule has 0 spiro atoms. The Kier molecular flexibility index (Phi) is 3.41. The predicted molar refractivity (Wildman–Crippen MR) is 58.2 cm³/mol. The first-order chi connectivity index (χ1) is 8.07. The zero-order chi connectivity index (χ0) is 12.5. The molecule has 1 fully saturated rings. The normalized spacial score (nSPS) is 21.9. The number of aromatic nitrogens is 1. The molecule has 7 heteroatoms. The molecular weight excluding hydrogens is 247 g/mol. The van der Waals surface area contributed by atoms with Gasteiger partial charge in [0.25, 0.3) is 10.0 Å². The number of hydrogen-bond acceptors (Lipinski definition) is 4. The lowest BCUT2D eigenvalue weighted by atomic mass is 10.2. The quantitative estimate of drug-likeness (QED) is 0.852. The summed E-state index contributed by atoms with van der Waals surface area (Å²) in [5, 5.41) is 8.53. The minimum absolute atomic E-state index is 0.256. The van der Waals surface area contributed by atoms with Gasteiger partial charge in [0.1, 0.15) is 0 Å². The predicted octanol–water partition coefficient (Wildman–Crippen LogP) is 0.366. The molecule has 1 aromatic heterocycles. The first-order valence-electron chi connectivity index (χ1n) is 5.30. The first-order valence-corrected chi connectivity index (χ1v) is 6.74. The van der Waals surface area contributed by atoms with Gasteiger partial charge in [0, 0.05) is 18.8 Å². The summed E-state index contributed by atoms with van der Waals surface area (Å²) in [5.41, 5.74) is 0. The van der Waals surface area contributed by atoms with Gasteiger partial charge in [-0.1, -0.05) is 0 Å². The van der Waals surface area contributed by atoms with Crippen molar-refractivity contribution < 1.29 is 17.9 Å². The van der Waals surface area contributed by atoms with Gasteiger partial charge in [0.2, 0.25) is 5.03 Å². The highest BCUT2D eigenvalue weighted by atomic mass is 32.2. The molecule has 1 unspecified atom stereocenters. The van der Waals surface area contributed by atoms with Crippen LogP contribution in [-0.4, -0.2) is 42.0 Å². The number of pyridine rings is 1. The van der Waals surface area contributed by atoms with E-state index in [9.17, 15) is 12.8 Å². The molecule has 0 amide bonds. The zero-order valence-corrected chi connectivity index (χ0v) is 9.90. The van der Waals surface area contributed by atoms with E-state index in [2.05, 4.69) is 4.98 Å². The highest BCUT2D eigenvalue weighted by molar-refractivity contribution is 7.89. The molecule has 2 heterocycles. The van der Waals surface area contributed by atoms with E-state index in [1.54, 1.807) is 0 Å². The molecule has 1 aromatic rings. The van der Waals surface area contributed by atoms with Crippen molar-refractivity contribution >= 4 is 10.0 Å². The number of halogens is 1. The Labute approximate surface area is 99.0 Å². The Bertz CT molecular complexity index is 506. The topological polar surface area (TPSA) is 70.5 Å². The van der Waals surface area contributed by atoms with Gasteiger partial charge in [-0.15, -0.1) is 0 Å². The van der Waals surface area contributed by atoms with Crippen molar-refractivity contribution in [2.24, 2.45) is 0 Å².